The molecule has 3 aromatic rings. The second-order valence-corrected chi connectivity index (χ2v) is 8.23. The molecule has 0 aliphatic rings. The highest BCUT2D eigenvalue weighted by Crippen LogP contribution is 2.38. The highest BCUT2D eigenvalue weighted by molar-refractivity contribution is 9.10. The smallest absolute Gasteiger partial charge is 0.282 e. The van der Waals surface area contributed by atoms with E-state index >= 15 is 0 Å². The highest BCUT2D eigenvalue weighted by Gasteiger charge is 2.17. The van der Waals surface area contributed by atoms with Gasteiger partial charge in [0.1, 0.15) is 5.82 Å². The monoisotopic (exact) mass is 516 g/mol. The zero-order chi connectivity index (χ0) is 24.1. The molecule has 1 amide bonds. The van der Waals surface area contributed by atoms with E-state index in [1.54, 1.807) is 24.3 Å². The van der Waals surface area contributed by atoms with Crippen molar-refractivity contribution in [1.29, 1.82) is 0 Å². The van der Waals surface area contributed by atoms with E-state index < -0.39 is 5.91 Å². The number of amides is 1. The van der Waals surface area contributed by atoms with Crippen LogP contribution < -0.4 is 25.5 Å². The molecule has 0 radical (unpaired) electrons. The van der Waals surface area contributed by atoms with E-state index in [1.165, 1.54) is 25.1 Å². The van der Waals surface area contributed by atoms with Crippen molar-refractivity contribution in [2.45, 2.75) is 26.2 Å². The molecular formula is C23H25BrN4O5. The van der Waals surface area contributed by atoms with Crippen LogP contribution in [0.15, 0.2) is 44.7 Å². The first kappa shape index (κ1) is 24.2. The number of rotatable bonds is 9. The Hall–Kier alpha value is -3.40. The van der Waals surface area contributed by atoms with Crippen LogP contribution in [0.25, 0.3) is 10.9 Å². The number of carbonyl (C=O) groups is 1. The molecule has 3 rings (SSSR count). The summed E-state index contributed by atoms with van der Waals surface area (Å²) in [5.74, 6) is 0.840. The minimum absolute atomic E-state index is 0.0107. The van der Waals surface area contributed by atoms with Gasteiger partial charge < -0.3 is 19.9 Å². The molecule has 33 heavy (non-hydrogen) atoms. The van der Waals surface area contributed by atoms with Crippen LogP contribution in [-0.2, 0) is 4.79 Å². The fourth-order valence-electron chi connectivity index (χ4n) is 3.16. The van der Waals surface area contributed by atoms with Crippen molar-refractivity contribution in [1.82, 2.24) is 9.66 Å². The molecule has 2 aromatic carbocycles. The van der Waals surface area contributed by atoms with Crippen LogP contribution in [0.4, 0.5) is 0 Å². The van der Waals surface area contributed by atoms with Crippen molar-refractivity contribution in [2.75, 3.05) is 20.8 Å². The summed E-state index contributed by atoms with van der Waals surface area (Å²) in [4.78, 5) is 29.1. The standard InChI is InChI=1S/C23H25BrN4O5/c1-5-13(2)22-27-17-7-6-15(24)10-16(17)23(30)28(22)26-11-14-8-18(31-3)21(19(9-14)32-4)33-12-20(25)29/h6-11,13H,5,12H2,1-4H3,(H2,25,29)/t13-/m0/s1. The number of halogens is 1. The lowest BCUT2D eigenvalue weighted by molar-refractivity contribution is -0.120. The molecule has 0 saturated carbocycles. The van der Waals surface area contributed by atoms with Gasteiger partial charge in [-0.3, -0.25) is 9.59 Å². The number of methoxy groups -OCH3 is 2. The van der Waals surface area contributed by atoms with Crippen molar-refractivity contribution in [3.63, 3.8) is 0 Å². The Morgan fingerprint density at radius 1 is 1.24 bits per heavy atom. The van der Waals surface area contributed by atoms with E-state index in [2.05, 4.69) is 21.0 Å². The molecule has 1 atom stereocenters. The number of nitrogens with two attached hydrogens (primary N) is 1. The number of primary amides is 1. The molecule has 0 unspecified atom stereocenters. The van der Waals surface area contributed by atoms with Gasteiger partial charge in [-0.2, -0.15) is 9.78 Å². The van der Waals surface area contributed by atoms with E-state index in [1.807, 2.05) is 19.9 Å². The maximum atomic E-state index is 13.3. The van der Waals surface area contributed by atoms with Gasteiger partial charge in [0.05, 0.1) is 31.3 Å². The van der Waals surface area contributed by atoms with Crippen LogP contribution in [0.3, 0.4) is 0 Å². The lowest BCUT2D eigenvalue weighted by Gasteiger charge is -2.15. The van der Waals surface area contributed by atoms with Crippen molar-refractivity contribution in [3.05, 3.63) is 56.5 Å². The van der Waals surface area contributed by atoms with Gasteiger partial charge in [-0.25, -0.2) is 4.98 Å². The minimum Gasteiger partial charge on any atom is -0.493 e. The maximum Gasteiger partial charge on any atom is 0.282 e. The van der Waals surface area contributed by atoms with Crippen molar-refractivity contribution in [3.8, 4) is 17.2 Å². The van der Waals surface area contributed by atoms with Crippen molar-refractivity contribution >= 4 is 39.0 Å². The lowest BCUT2D eigenvalue weighted by atomic mass is 10.1. The van der Waals surface area contributed by atoms with Gasteiger partial charge in [0, 0.05) is 16.0 Å². The van der Waals surface area contributed by atoms with Crippen LogP contribution in [0, 0.1) is 0 Å². The van der Waals surface area contributed by atoms with E-state index in [0.717, 1.165) is 10.9 Å². The Kier molecular flexibility index (Phi) is 7.70. The van der Waals surface area contributed by atoms with Crippen molar-refractivity contribution < 1.29 is 19.0 Å². The number of hydrogen-bond donors (Lipinski definition) is 1. The highest BCUT2D eigenvalue weighted by atomic mass is 79.9. The molecule has 0 spiro atoms. The van der Waals surface area contributed by atoms with Gasteiger partial charge in [-0.1, -0.05) is 29.8 Å². The number of hydrogen-bond acceptors (Lipinski definition) is 7. The third-order valence-corrected chi connectivity index (χ3v) is 5.54. The van der Waals surface area contributed by atoms with Crippen LogP contribution in [-0.4, -0.2) is 42.6 Å². The van der Waals surface area contributed by atoms with E-state index in [4.69, 9.17) is 24.9 Å². The zero-order valence-electron chi connectivity index (χ0n) is 18.8. The number of fused-ring (bicyclic) bond motifs is 1. The van der Waals surface area contributed by atoms with Gasteiger partial charge in [0.2, 0.25) is 5.75 Å². The van der Waals surface area contributed by atoms with Crippen LogP contribution in [0.2, 0.25) is 0 Å². The first-order valence-electron chi connectivity index (χ1n) is 10.2. The predicted octanol–water partition coefficient (Wildman–Crippen LogP) is 3.44. The molecule has 0 saturated heterocycles. The summed E-state index contributed by atoms with van der Waals surface area (Å²) in [5, 5.41) is 4.91. The quantitative estimate of drug-likeness (QED) is 0.435. The Labute approximate surface area is 199 Å². The van der Waals surface area contributed by atoms with Crippen LogP contribution in [0.5, 0.6) is 17.2 Å². The molecule has 0 aliphatic carbocycles. The van der Waals surface area contributed by atoms with Crippen molar-refractivity contribution in [2.24, 2.45) is 10.8 Å². The first-order valence-corrected chi connectivity index (χ1v) is 11.0. The third-order valence-electron chi connectivity index (χ3n) is 5.05. The van der Waals surface area contributed by atoms with E-state index in [9.17, 15) is 9.59 Å². The van der Waals surface area contributed by atoms with Gasteiger partial charge >= 0.3 is 0 Å². The SMILES string of the molecule is CC[C@H](C)c1nc2ccc(Br)cc2c(=O)n1N=Cc1cc(OC)c(OCC(N)=O)c(OC)c1. The molecule has 10 heteroatoms. The second kappa shape index (κ2) is 10.5. The van der Waals surface area contributed by atoms with Gasteiger partial charge in [-0.05, 0) is 36.8 Å². The van der Waals surface area contributed by atoms with E-state index in [-0.39, 0.29) is 23.8 Å². The topological polar surface area (TPSA) is 118 Å². The van der Waals surface area contributed by atoms with E-state index in [0.29, 0.717) is 33.8 Å². The normalized spacial score (nSPS) is 12.2. The molecule has 174 valence electrons. The van der Waals surface area contributed by atoms with Gasteiger partial charge in [0.25, 0.3) is 11.5 Å². The summed E-state index contributed by atoms with van der Waals surface area (Å²) < 4.78 is 18.3. The Bertz CT molecular complexity index is 1250. The zero-order valence-corrected chi connectivity index (χ0v) is 20.4. The molecule has 0 bridgehead atoms. The number of carbonyl (C=O) groups excluding carboxylic acids is 1. The average Bonchev–Trinajstić information content (AvgIpc) is 2.81. The molecule has 1 heterocycles. The predicted molar refractivity (Wildman–Crippen MR) is 130 cm³/mol. The summed E-state index contributed by atoms with van der Waals surface area (Å²) in [7, 11) is 2.92. The number of aromatic nitrogens is 2. The minimum atomic E-state index is -0.628. The summed E-state index contributed by atoms with van der Waals surface area (Å²) in [6.45, 7) is 3.69. The molecule has 2 N–H and O–H groups in total. The summed E-state index contributed by atoms with van der Waals surface area (Å²) in [5.41, 5.74) is 6.10. The Morgan fingerprint density at radius 2 is 1.91 bits per heavy atom. The molecule has 9 nitrogen and oxygen atoms in total. The largest absolute Gasteiger partial charge is 0.493 e. The summed E-state index contributed by atoms with van der Waals surface area (Å²) in [6, 6.07) is 8.70. The molecule has 0 aliphatic heterocycles. The van der Waals surface area contributed by atoms with Gasteiger partial charge in [0.15, 0.2) is 18.1 Å². The Morgan fingerprint density at radius 3 is 2.48 bits per heavy atom. The second-order valence-electron chi connectivity index (χ2n) is 7.31. The third kappa shape index (κ3) is 5.33. The number of nitrogens with zero attached hydrogens (tertiary/aromatic N) is 3. The number of benzene rings is 2. The fourth-order valence-corrected chi connectivity index (χ4v) is 3.52. The van der Waals surface area contributed by atoms with Gasteiger partial charge in [-0.15, -0.1) is 0 Å². The molecule has 0 fully saturated rings. The fraction of sp³-hybridized carbons (Fsp3) is 0.304. The summed E-state index contributed by atoms with van der Waals surface area (Å²) in [6.07, 6.45) is 2.30. The Balaban J connectivity index is 2.12. The lowest BCUT2D eigenvalue weighted by Crippen LogP contribution is -2.23. The first-order chi connectivity index (χ1) is 15.8. The van der Waals surface area contributed by atoms with Crippen LogP contribution >= 0.6 is 15.9 Å². The maximum absolute atomic E-state index is 13.3. The van der Waals surface area contributed by atoms with Crippen LogP contribution in [0.1, 0.15) is 37.6 Å². The summed E-state index contributed by atoms with van der Waals surface area (Å²) >= 11 is 3.41. The molecular weight excluding hydrogens is 492 g/mol. The average molecular weight is 517 g/mol. The number of ether oxygens (including phenoxy) is 3. The molecule has 1 aromatic heterocycles.